The molecule has 1 heterocycles. The zero-order valence-corrected chi connectivity index (χ0v) is 13.1. The Kier molecular flexibility index (Phi) is 4.84. The summed E-state index contributed by atoms with van der Waals surface area (Å²) in [5.74, 6) is 2.14. The standard InChI is InChI=1S/C16H27N3O/c1-5-6-18-14-10-17-11-15(19-14)20-13-7-12(2)8-16(3,4)9-13/h10-13H,5-9H2,1-4H3,(H,18,19). The molecule has 0 saturated heterocycles. The van der Waals surface area contributed by atoms with Gasteiger partial charge < -0.3 is 10.1 Å². The maximum absolute atomic E-state index is 6.07. The Hall–Kier alpha value is -1.32. The highest BCUT2D eigenvalue weighted by atomic mass is 16.5. The largest absolute Gasteiger partial charge is 0.473 e. The van der Waals surface area contributed by atoms with Crippen molar-refractivity contribution in [1.82, 2.24) is 9.97 Å². The zero-order valence-electron chi connectivity index (χ0n) is 13.1. The molecule has 1 aromatic rings. The lowest BCUT2D eigenvalue weighted by atomic mass is 9.71. The molecule has 1 aliphatic carbocycles. The number of hydrogen-bond donors (Lipinski definition) is 1. The van der Waals surface area contributed by atoms with Crippen LogP contribution in [0.15, 0.2) is 12.4 Å². The number of rotatable bonds is 5. The lowest BCUT2D eigenvalue weighted by Crippen LogP contribution is -2.34. The SMILES string of the molecule is CCCNc1cncc(OC2CC(C)CC(C)(C)C2)n1. The highest BCUT2D eigenvalue weighted by Crippen LogP contribution is 2.39. The van der Waals surface area contributed by atoms with E-state index in [1.165, 1.54) is 6.42 Å². The molecular weight excluding hydrogens is 250 g/mol. The average Bonchev–Trinajstić information content (AvgIpc) is 2.34. The van der Waals surface area contributed by atoms with Crippen LogP contribution in [0.5, 0.6) is 5.88 Å². The predicted octanol–water partition coefficient (Wildman–Crippen LogP) is 3.89. The van der Waals surface area contributed by atoms with Gasteiger partial charge >= 0.3 is 0 Å². The second-order valence-electron chi connectivity index (χ2n) is 6.82. The summed E-state index contributed by atoms with van der Waals surface area (Å²) in [4.78, 5) is 8.69. The minimum Gasteiger partial charge on any atom is -0.473 e. The van der Waals surface area contributed by atoms with Crippen LogP contribution < -0.4 is 10.1 Å². The summed E-state index contributed by atoms with van der Waals surface area (Å²) >= 11 is 0. The van der Waals surface area contributed by atoms with Crippen molar-refractivity contribution in [2.75, 3.05) is 11.9 Å². The predicted molar refractivity (Wildman–Crippen MR) is 82.0 cm³/mol. The van der Waals surface area contributed by atoms with Gasteiger partial charge in [-0.2, -0.15) is 4.98 Å². The van der Waals surface area contributed by atoms with Crippen LogP contribution in [0.25, 0.3) is 0 Å². The number of nitrogens with one attached hydrogen (secondary N) is 1. The Morgan fingerprint density at radius 2 is 2.15 bits per heavy atom. The van der Waals surface area contributed by atoms with Crippen molar-refractivity contribution >= 4 is 5.82 Å². The van der Waals surface area contributed by atoms with Gasteiger partial charge in [-0.15, -0.1) is 0 Å². The molecule has 0 aliphatic heterocycles. The van der Waals surface area contributed by atoms with Gasteiger partial charge in [0.1, 0.15) is 11.9 Å². The maximum Gasteiger partial charge on any atom is 0.234 e. The van der Waals surface area contributed by atoms with Gasteiger partial charge in [0.15, 0.2) is 0 Å². The van der Waals surface area contributed by atoms with Crippen LogP contribution in [0, 0.1) is 11.3 Å². The van der Waals surface area contributed by atoms with Crippen molar-refractivity contribution in [3.8, 4) is 5.88 Å². The topological polar surface area (TPSA) is 47.0 Å². The Balaban J connectivity index is 1.98. The van der Waals surface area contributed by atoms with Gasteiger partial charge in [0, 0.05) is 6.54 Å². The second kappa shape index (κ2) is 6.42. The first-order valence-corrected chi connectivity index (χ1v) is 7.71. The van der Waals surface area contributed by atoms with Gasteiger partial charge in [0.25, 0.3) is 0 Å². The molecule has 4 heteroatoms. The second-order valence-corrected chi connectivity index (χ2v) is 6.82. The third kappa shape index (κ3) is 4.36. The summed E-state index contributed by atoms with van der Waals surface area (Å²) in [6, 6.07) is 0. The van der Waals surface area contributed by atoms with E-state index in [9.17, 15) is 0 Å². The van der Waals surface area contributed by atoms with E-state index in [2.05, 4.69) is 43.0 Å². The quantitative estimate of drug-likeness (QED) is 0.887. The normalized spacial score (nSPS) is 25.2. The number of aromatic nitrogens is 2. The van der Waals surface area contributed by atoms with E-state index in [4.69, 9.17) is 4.74 Å². The molecule has 0 radical (unpaired) electrons. The zero-order chi connectivity index (χ0) is 14.6. The maximum atomic E-state index is 6.07. The van der Waals surface area contributed by atoms with E-state index in [0.717, 1.165) is 31.6 Å². The molecule has 0 spiro atoms. The van der Waals surface area contributed by atoms with Gasteiger partial charge in [-0.25, -0.2) is 0 Å². The molecule has 20 heavy (non-hydrogen) atoms. The molecule has 112 valence electrons. The number of hydrogen-bond acceptors (Lipinski definition) is 4. The molecule has 1 aromatic heterocycles. The van der Waals surface area contributed by atoms with Gasteiger partial charge in [0.2, 0.25) is 5.88 Å². The van der Waals surface area contributed by atoms with Gasteiger partial charge in [-0.1, -0.05) is 27.7 Å². The van der Waals surface area contributed by atoms with Gasteiger partial charge in [-0.05, 0) is 37.0 Å². The fraction of sp³-hybridized carbons (Fsp3) is 0.750. The molecule has 2 atom stereocenters. The fourth-order valence-electron chi connectivity index (χ4n) is 3.26. The molecule has 0 bridgehead atoms. The van der Waals surface area contributed by atoms with Gasteiger partial charge in [-0.3, -0.25) is 4.98 Å². The van der Waals surface area contributed by atoms with Crippen LogP contribution in [-0.4, -0.2) is 22.6 Å². The van der Waals surface area contributed by atoms with Crippen LogP contribution in [0.4, 0.5) is 5.82 Å². The molecule has 2 unspecified atom stereocenters. The number of ether oxygens (including phenoxy) is 1. The van der Waals surface area contributed by atoms with E-state index in [-0.39, 0.29) is 6.10 Å². The molecule has 0 aromatic carbocycles. The van der Waals surface area contributed by atoms with Gasteiger partial charge in [0.05, 0.1) is 12.4 Å². The summed E-state index contributed by atoms with van der Waals surface area (Å²) in [5, 5.41) is 3.24. The van der Waals surface area contributed by atoms with Crippen molar-refractivity contribution in [3.63, 3.8) is 0 Å². The molecule has 1 saturated carbocycles. The first kappa shape index (κ1) is 15.1. The fourth-order valence-corrected chi connectivity index (χ4v) is 3.26. The Morgan fingerprint density at radius 1 is 1.35 bits per heavy atom. The minimum absolute atomic E-state index is 0.254. The van der Waals surface area contributed by atoms with Crippen molar-refractivity contribution < 1.29 is 4.74 Å². The van der Waals surface area contributed by atoms with Crippen LogP contribution in [0.2, 0.25) is 0 Å². The lowest BCUT2D eigenvalue weighted by Gasteiger charge is -2.38. The smallest absolute Gasteiger partial charge is 0.234 e. The summed E-state index contributed by atoms with van der Waals surface area (Å²) in [6.07, 6.45) is 8.25. The lowest BCUT2D eigenvalue weighted by molar-refractivity contribution is 0.0531. The number of nitrogens with zero attached hydrogens (tertiary/aromatic N) is 2. The molecule has 1 N–H and O–H groups in total. The van der Waals surface area contributed by atoms with E-state index < -0.39 is 0 Å². The van der Waals surface area contributed by atoms with Crippen LogP contribution in [0.3, 0.4) is 0 Å². The molecule has 1 fully saturated rings. The molecule has 4 nitrogen and oxygen atoms in total. The highest BCUT2D eigenvalue weighted by molar-refractivity contribution is 5.33. The van der Waals surface area contributed by atoms with Crippen molar-refractivity contribution in [1.29, 1.82) is 0 Å². The van der Waals surface area contributed by atoms with Crippen molar-refractivity contribution in [3.05, 3.63) is 12.4 Å². The monoisotopic (exact) mass is 277 g/mol. The molecule has 2 rings (SSSR count). The van der Waals surface area contributed by atoms with E-state index in [0.29, 0.717) is 17.2 Å². The molecular formula is C16H27N3O. The Morgan fingerprint density at radius 3 is 2.85 bits per heavy atom. The summed E-state index contributed by atoms with van der Waals surface area (Å²) in [6.45, 7) is 9.99. The molecule has 0 amide bonds. The van der Waals surface area contributed by atoms with Crippen LogP contribution >= 0.6 is 0 Å². The van der Waals surface area contributed by atoms with Crippen molar-refractivity contribution in [2.45, 2.75) is 59.5 Å². The first-order chi connectivity index (χ1) is 9.48. The third-order valence-electron chi connectivity index (χ3n) is 3.80. The highest BCUT2D eigenvalue weighted by Gasteiger charge is 2.33. The van der Waals surface area contributed by atoms with E-state index in [1.807, 2.05) is 0 Å². The van der Waals surface area contributed by atoms with E-state index >= 15 is 0 Å². The van der Waals surface area contributed by atoms with Crippen LogP contribution in [-0.2, 0) is 0 Å². The van der Waals surface area contributed by atoms with Crippen LogP contribution in [0.1, 0.15) is 53.4 Å². The summed E-state index contributed by atoms with van der Waals surface area (Å²) in [7, 11) is 0. The minimum atomic E-state index is 0.254. The molecule has 1 aliphatic rings. The van der Waals surface area contributed by atoms with E-state index in [1.54, 1.807) is 12.4 Å². The Labute approximate surface area is 122 Å². The summed E-state index contributed by atoms with van der Waals surface area (Å²) < 4.78 is 6.07. The average molecular weight is 277 g/mol. The third-order valence-corrected chi connectivity index (χ3v) is 3.80. The Bertz CT molecular complexity index is 433. The first-order valence-electron chi connectivity index (χ1n) is 7.71. The number of anilines is 1. The summed E-state index contributed by atoms with van der Waals surface area (Å²) in [5.41, 5.74) is 0.355. The van der Waals surface area contributed by atoms with Crippen molar-refractivity contribution in [2.24, 2.45) is 11.3 Å².